The van der Waals surface area contributed by atoms with Gasteiger partial charge in [0.2, 0.25) is 5.91 Å². The van der Waals surface area contributed by atoms with E-state index < -0.39 is 10.8 Å². The highest BCUT2D eigenvalue weighted by Gasteiger charge is 2.05. The number of nitrogens with zero attached hydrogens (tertiary/aromatic N) is 1. The van der Waals surface area contributed by atoms with Crippen LogP contribution in [0.25, 0.3) is 0 Å². The zero-order chi connectivity index (χ0) is 13.4. The van der Waals surface area contributed by atoms with E-state index in [9.17, 15) is 9.00 Å². The van der Waals surface area contributed by atoms with Crippen molar-refractivity contribution in [2.75, 3.05) is 16.8 Å². The van der Waals surface area contributed by atoms with Crippen LogP contribution in [-0.4, -0.2) is 21.6 Å². The lowest BCUT2D eigenvalue weighted by atomic mass is 10.2. The first-order chi connectivity index (χ1) is 8.65. The van der Waals surface area contributed by atoms with Crippen molar-refractivity contribution >= 4 is 22.4 Å². The largest absolute Gasteiger partial charge is 0.326 e. The Morgan fingerprint density at radius 1 is 1.33 bits per heavy atom. The van der Waals surface area contributed by atoms with Gasteiger partial charge in [0, 0.05) is 34.4 Å². The highest BCUT2D eigenvalue weighted by molar-refractivity contribution is 7.84. The molecular formula is C13H16N2O2S. The number of nitriles is 1. The van der Waals surface area contributed by atoms with Crippen molar-refractivity contribution in [3.8, 4) is 6.07 Å². The summed E-state index contributed by atoms with van der Waals surface area (Å²) in [6.45, 7) is 1.97. The Labute approximate surface area is 109 Å². The molecule has 0 aliphatic rings. The van der Waals surface area contributed by atoms with E-state index in [1.165, 1.54) is 0 Å². The Kier molecular flexibility index (Phi) is 6.09. The molecule has 0 bridgehead atoms. The van der Waals surface area contributed by atoms with Gasteiger partial charge in [0.15, 0.2) is 0 Å². The fourth-order valence-corrected chi connectivity index (χ4v) is 2.46. The minimum atomic E-state index is -0.908. The lowest BCUT2D eigenvalue weighted by Crippen LogP contribution is -2.15. The van der Waals surface area contributed by atoms with Gasteiger partial charge < -0.3 is 5.32 Å². The number of benzene rings is 1. The van der Waals surface area contributed by atoms with Gasteiger partial charge in [-0.2, -0.15) is 5.26 Å². The third-order valence-corrected chi connectivity index (χ3v) is 3.81. The minimum Gasteiger partial charge on any atom is -0.326 e. The van der Waals surface area contributed by atoms with Crippen molar-refractivity contribution in [2.45, 2.75) is 19.8 Å². The van der Waals surface area contributed by atoms with Crippen LogP contribution >= 0.6 is 0 Å². The number of anilines is 1. The van der Waals surface area contributed by atoms with Crippen LogP contribution in [0.15, 0.2) is 24.3 Å². The summed E-state index contributed by atoms with van der Waals surface area (Å²) in [5, 5.41) is 11.3. The molecule has 1 aromatic rings. The van der Waals surface area contributed by atoms with E-state index in [1.807, 2.05) is 13.0 Å². The Hall–Kier alpha value is -1.67. The molecule has 0 heterocycles. The van der Waals surface area contributed by atoms with Crippen LogP contribution in [0.5, 0.6) is 0 Å². The number of hydrogen-bond acceptors (Lipinski definition) is 3. The molecule has 1 unspecified atom stereocenters. The lowest BCUT2D eigenvalue weighted by molar-refractivity contribution is -0.115. The van der Waals surface area contributed by atoms with Crippen molar-refractivity contribution < 1.29 is 9.00 Å². The maximum Gasteiger partial charge on any atom is 0.225 e. The normalized spacial score (nSPS) is 11.6. The first-order valence-corrected chi connectivity index (χ1v) is 7.29. The van der Waals surface area contributed by atoms with Gasteiger partial charge in [-0.1, -0.05) is 6.92 Å². The second-order valence-electron chi connectivity index (χ2n) is 3.84. The number of rotatable bonds is 6. The number of carbonyl (C=O) groups excluding carboxylic acids is 1. The molecule has 1 N–H and O–H groups in total. The Bertz CT molecular complexity index is 463. The summed E-state index contributed by atoms with van der Waals surface area (Å²) in [4.78, 5) is 11.6. The molecular weight excluding hydrogens is 248 g/mol. The van der Waals surface area contributed by atoms with Crippen LogP contribution in [0.1, 0.15) is 25.3 Å². The SMILES string of the molecule is CCCS(=O)CCC(=O)Nc1ccc(C#N)cc1. The number of nitrogens with one attached hydrogen (secondary N) is 1. The molecule has 1 atom stereocenters. The molecule has 1 aromatic carbocycles. The molecule has 0 radical (unpaired) electrons. The summed E-state index contributed by atoms with van der Waals surface area (Å²) in [5.41, 5.74) is 1.21. The van der Waals surface area contributed by atoms with Crippen molar-refractivity contribution in [3.05, 3.63) is 29.8 Å². The van der Waals surface area contributed by atoms with Crippen LogP contribution < -0.4 is 5.32 Å². The predicted octanol–water partition coefficient (Wildman–Crippen LogP) is 2.05. The molecule has 4 nitrogen and oxygen atoms in total. The molecule has 0 aliphatic heterocycles. The molecule has 0 saturated carbocycles. The third-order valence-electron chi connectivity index (χ3n) is 2.29. The van der Waals surface area contributed by atoms with Crippen molar-refractivity contribution in [2.24, 2.45) is 0 Å². The van der Waals surface area contributed by atoms with Gasteiger partial charge >= 0.3 is 0 Å². The molecule has 0 saturated heterocycles. The summed E-state index contributed by atoms with van der Waals surface area (Å²) < 4.78 is 11.4. The maximum atomic E-state index is 11.6. The van der Waals surface area contributed by atoms with E-state index >= 15 is 0 Å². The van der Waals surface area contributed by atoms with E-state index in [2.05, 4.69) is 5.32 Å². The summed E-state index contributed by atoms with van der Waals surface area (Å²) in [5.74, 6) is 0.893. The van der Waals surface area contributed by atoms with E-state index in [4.69, 9.17) is 5.26 Å². The predicted molar refractivity (Wildman–Crippen MR) is 72.6 cm³/mol. The molecule has 0 spiro atoms. The van der Waals surface area contributed by atoms with Gasteiger partial charge in [0.25, 0.3) is 0 Å². The summed E-state index contributed by atoms with van der Waals surface area (Å²) in [6.07, 6.45) is 1.12. The molecule has 1 rings (SSSR count). The summed E-state index contributed by atoms with van der Waals surface area (Å²) in [6, 6.07) is 8.66. The third kappa shape index (κ3) is 5.11. The zero-order valence-corrected chi connectivity index (χ0v) is 11.1. The first-order valence-electron chi connectivity index (χ1n) is 5.80. The smallest absolute Gasteiger partial charge is 0.225 e. The zero-order valence-electron chi connectivity index (χ0n) is 10.3. The second-order valence-corrected chi connectivity index (χ2v) is 5.53. The summed E-state index contributed by atoms with van der Waals surface area (Å²) >= 11 is 0. The van der Waals surface area contributed by atoms with Crippen LogP contribution in [0.2, 0.25) is 0 Å². The highest BCUT2D eigenvalue weighted by Crippen LogP contribution is 2.09. The Morgan fingerprint density at radius 2 is 2.00 bits per heavy atom. The number of hydrogen-bond donors (Lipinski definition) is 1. The van der Waals surface area contributed by atoms with E-state index in [0.717, 1.165) is 6.42 Å². The van der Waals surface area contributed by atoms with Crippen LogP contribution in [-0.2, 0) is 15.6 Å². The molecule has 0 aliphatic carbocycles. The van der Waals surface area contributed by atoms with Gasteiger partial charge in [-0.05, 0) is 30.7 Å². The quantitative estimate of drug-likeness (QED) is 0.854. The fraction of sp³-hybridized carbons (Fsp3) is 0.385. The molecule has 0 fully saturated rings. The minimum absolute atomic E-state index is 0.149. The van der Waals surface area contributed by atoms with Gasteiger partial charge in [-0.15, -0.1) is 0 Å². The fourth-order valence-electron chi connectivity index (χ4n) is 1.39. The lowest BCUT2D eigenvalue weighted by Gasteiger charge is -2.05. The number of amides is 1. The van der Waals surface area contributed by atoms with E-state index in [-0.39, 0.29) is 12.3 Å². The number of carbonyl (C=O) groups is 1. The average Bonchev–Trinajstić information content (AvgIpc) is 2.38. The first kappa shape index (κ1) is 14.4. The molecule has 1 amide bonds. The van der Waals surface area contributed by atoms with Gasteiger partial charge in [-0.3, -0.25) is 9.00 Å². The van der Waals surface area contributed by atoms with Crippen LogP contribution in [0.3, 0.4) is 0 Å². The highest BCUT2D eigenvalue weighted by atomic mass is 32.2. The topological polar surface area (TPSA) is 70.0 Å². The van der Waals surface area contributed by atoms with Crippen molar-refractivity contribution in [1.29, 1.82) is 5.26 Å². The monoisotopic (exact) mass is 264 g/mol. The van der Waals surface area contributed by atoms with Gasteiger partial charge in [0.05, 0.1) is 11.6 Å². The van der Waals surface area contributed by atoms with E-state index in [1.54, 1.807) is 24.3 Å². The molecule has 0 aromatic heterocycles. The van der Waals surface area contributed by atoms with Gasteiger partial charge in [-0.25, -0.2) is 0 Å². The average molecular weight is 264 g/mol. The summed E-state index contributed by atoms with van der Waals surface area (Å²) in [7, 11) is -0.908. The second kappa shape index (κ2) is 7.62. The standard InChI is InChI=1S/C13H16N2O2S/c1-2-8-18(17)9-7-13(16)15-12-5-3-11(10-14)4-6-12/h3-6H,2,7-9H2,1H3,(H,15,16). The maximum absolute atomic E-state index is 11.6. The molecule has 5 heteroatoms. The Morgan fingerprint density at radius 3 is 2.56 bits per heavy atom. The van der Waals surface area contributed by atoms with Gasteiger partial charge in [0.1, 0.15) is 0 Å². The van der Waals surface area contributed by atoms with Crippen molar-refractivity contribution in [1.82, 2.24) is 0 Å². The molecule has 18 heavy (non-hydrogen) atoms. The Balaban J connectivity index is 2.40. The van der Waals surface area contributed by atoms with Crippen LogP contribution in [0.4, 0.5) is 5.69 Å². The van der Waals surface area contributed by atoms with E-state index in [0.29, 0.717) is 22.8 Å². The van der Waals surface area contributed by atoms with Crippen molar-refractivity contribution in [3.63, 3.8) is 0 Å². The van der Waals surface area contributed by atoms with Crippen LogP contribution in [0, 0.1) is 11.3 Å². The molecule has 96 valence electrons.